The van der Waals surface area contributed by atoms with Gasteiger partial charge in [0, 0.05) is 13.0 Å². The Kier molecular flexibility index (Phi) is 48.2. The summed E-state index contributed by atoms with van der Waals surface area (Å²) in [4.78, 5) is 33.7. The van der Waals surface area contributed by atoms with Crippen molar-refractivity contribution in [1.82, 2.24) is 0 Å². The van der Waals surface area contributed by atoms with Crippen molar-refractivity contribution in [3.05, 3.63) is 48.6 Å². The number of carbonyl (C=O) groups excluding carboxylic acids is 1. The van der Waals surface area contributed by atoms with Crippen molar-refractivity contribution in [2.24, 2.45) is 5.73 Å². The molecular formula is C54H100NO9P. The third-order valence-corrected chi connectivity index (χ3v) is 12.5. The molecule has 10 nitrogen and oxygen atoms in total. The van der Waals surface area contributed by atoms with E-state index in [0.717, 1.165) is 57.8 Å². The Morgan fingerprint density at radius 3 is 1.28 bits per heavy atom. The molecule has 0 aliphatic carbocycles. The second kappa shape index (κ2) is 49.8. The van der Waals surface area contributed by atoms with Crippen LogP contribution in [0.4, 0.5) is 0 Å². The molecule has 0 spiro atoms. The van der Waals surface area contributed by atoms with Gasteiger partial charge in [0.15, 0.2) is 0 Å². The van der Waals surface area contributed by atoms with Gasteiger partial charge >= 0.3 is 19.8 Å². The van der Waals surface area contributed by atoms with E-state index in [1.807, 2.05) is 0 Å². The van der Waals surface area contributed by atoms with Crippen molar-refractivity contribution in [2.75, 3.05) is 26.4 Å². The second-order valence-electron chi connectivity index (χ2n) is 18.0. The number of hydrogen-bond acceptors (Lipinski definition) is 8. The fourth-order valence-electron chi connectivity index (χ4n) is 7.43. The maximum atomic E-state index is 12.7. The lowest BCUT2D eigenvalue weighted by Crippen LogP contribution is -2.34. The van der Waals surface area contributed by atoms with Crippen molar-refractivity contribution < 1.29 is 42.7 Å². The predicted octanol–water partition coefficient (Wildman–Crippen LogP) is 15.8. The van der Waals surface area contributed by atoms with E-state index in [-0.39, 0.29) is 13.0 Å². The monoisotopic (exact) mass is 938 g/mol. The number of aliphatic carboxylic acids is 1. The number of ether oxygens (including phenoxy) is 2. The Morgan fingerprint density at radius 1 is 0.492 bits per heavy atom. The van der Waals surface area contributed by atoms with Crippen molar-refractivity contribution >= 4 is 19.8 Å². The van der Waals surface area contributed by atoms with E-state index in [1.165, 1.54) is 161 Å². The van der Waals surface area contributed by atoms with Crippen LogP contribution in [0.5, 0.6) is 0 Å². The minimum absolute atomic E-state index is 0.0126. The van der Waals surface area contributed by atoms with Gasteiger partial charge in [-0.1, -0.05) is 210 Å². The first-order valence-corrected chi connectivity index (χ1v) is 28.2. The largest absolute Gasteiger partial charge is 0.480 e. The van der Waals surface area contributed by atoms with Crippen LogP contribution in [0, 0.1) is 0 Å². The summed E-state index contributed by atoms with van der Waals surface area (Å²) < 4.78 is 33.5. The summed E-state index contributed by atoms with van der Waals surface area (Å²) in [5.41, 5.74) is 5.38. The first kappa shape index (κ1) is 62.9. The first-order chi connectivity index (χ1) is 31.7. The summed E-state index contributed by atoms with van der Waals surface area (Å²) in [5.74, 6) is -1.78. The number of esters is 1. The van der Waals surface area contributed by atoms with Crippen molar-refractivity contribution in [2.45, 2.75) is 257 Å². The van der Waals surface area contributed by atoms with E-state index < -0.39 is 45.1 Å². The normalized spacial score (nSPS) is 14.0. The summed E-state index contributed by atoms with van der Waals surface area (Å²) in [6.45, 7) is 3.88. The number of carboxylic acids is 1. The summed E-state index contributed by atoms with van der Waals surface area (Å²) in [6.07, 6.45) is 60.2. The number of unbranched alkanes of at least 4 members (excludes halogenated alkanes) is 29. The molecule has 0 aromatic heterocycles. The summed E-state index contributed by atoms with van der Waals surface area (Å²) in [5, 5.41) is 8.94. The third kappa shape index (κ3) is 49.7. The van der Waals surface area contributed by atoms with Crippen LogP contribution in [0.15, 0.2) is 48.6 Å². The topological polar surface area (TPSA) is 155 Å². The van der Waals surface area contributed by atoms with Crippen LogP contribution in [0.1, 0.15) is 245 Å². The van der Waals surface area contributed by atoms with Gasteiger partial charge in [0.05, 0.1) is 19.8 Å². The first-order valence-electron chi connectivity index (χ1n) is 26.7. The fraction of sp³-hybridized carbons (Fsp3) is 0.815. The molecule has 0 amide bonds. The molecule has 4 N–H and O–H groups in total. The zero-order valence-electron chi connectivity index (χ0n) is 41.8. The Morgan fingerprint density at radius 2 is 0.846 bits per heavy atom. The molecule has 0 radical (unpaired) electrons. The quantitative estimate of drug-likeness (QED) is 0.0232. The Labute approximate surface area is 399 Å². The van der Waals surface area contributed by atoms with Gasteiger partial charge in [-0.3, -0.25) is 18.6 Å². The van der Waals surface area contributed by atoms with Gasteiger partial charge in [0.25, 0.3) is 0 Å². The van der Waals surface area contributed by atoms with Gasteiger partial charge in [-0.05, 0) is 77.0 Å². The average Bonchev–Trinajstić information content (AvgIpc) is 3.29. The molecule has 11 heteroatoms. The number of carboxylic acid groups (broad SMARTS) is 1. The Bertz CT molecular complexity index is 1220. The number of phosphoric acid groups is 1. The molecule has 0 bridgehead atoms. The zero-order chi connectivity index (χ0) is 47.6. The minimum Gasteiger partial charge on any atom is -0.480 e. The van der Waals surface area contributed by atoms with E-state index in [9.17, 15) is 19.0 Å². The van der Waals surface area contributed by atoms with E-state index >= 15 is 0 Å². The van der Waals surface area contributed by atoms with Crippen LogP contribution < -0.4 is 5.73 Å². The lowest BCUT2D eigenvalue weighted by molar-refractivity contribution is -0.154. The number of allylic oxidation sites excluding steroid dienone is 8. The summed E-state index contributed by atoms with van der Waals surface area (Å²) in [6, 6.07) is -1.48. The number of hydrogen-bond donors (Lipinski definition) is 3. The molecular weight excluding hydrogens is 838 g/mol. The molecule has 65 heavy (non-hydrogen) atoms. The number of nitrogens with two attached hydrogens (primary N) is 1. The summed E-state index contributed by atoms with van der Waals surface area (Å²) >= 11 is 0. The van der Waals surface area contributed by atoms with Crippen LogP contribution >= 0.6 is 7.82 Å². The molecule has 0 fully saturated rings. The third-order valence-electron chi connectivity index (χ3n) is 11.6. The zero-order valence-corrected chi connectivity index (χ0v) is 42.7. The highest BCUT2D eigenvalue weighted by Gasteiger charge is 2.27. The molecule has 380 valence electrons. The SMILES string of the molecule is CCCCCCC/C=C\C/C=C\C/C=C\CCCCCCCCCCCOCC(COP(=O)(O)OCC(N)C(=O)O)OC(=O)CCCCCCCCCCC/C=C\CCCCCCCC. The number of carbonyl (C=O) groups is 2. The lowest BCUT2D eigenvalue weighted by Gasteiger charge is -2.20. The van der Waals surface area contributed by atoms with Crippen LogP contribution in [0.3, 0.4) is 0 Å². The molecule has 0 aromatic rings. The highest BCUT2D eigenvalue weighted by Crippen LogP contribution is 2.43. The minimum atomic E-state index is -4.63. The van der Waals surface area contributed by atoms with Gasteiger partial charge in [0.1, 0.15) is 12.1 Å². The number of phosphoric ester groups is 1. The van der Waals surface area contributed by atoms with Crippen molar-refractivity contribution in [1.29, 1.82) is 0 Å². The molecule has 3 unspecified atom stereocenters. The molecule has 0 rings (SSSR count). The summed E-state index contributed by atoms with van der Waals surface area (Å²) in [7, 11) is -4.63. The van der Waals surface area contributed by atoms with Crippen LogP contribution in [-0.4, -0.2) is 60.5 Å². The van der Waals surface area contributed by atoms with Crippen LogP contribution in [0.25, 0.3) is 0 Å². The molecule has 0 aromatic carbocycles. The smallest absolute Gasteiger partial charge is 0.472 e. The van der Waals surface area contributed by atoms with Gasteiger partial charge < -0.3 is 25.2 Å². The number of rotatable bonds is 51. The average molecular weight is 938 g/mol. The van der Waals surface area contributed by atoms with E-state index in [0.29, 0.717) is 13.0 Å². The van der Waals surface area contributed by atoms with Crippen molar-refractivity contribution in [3.8, 4) is 0 Å². The van der Waals surface area contributed by atoms with Crippen LogP contribution in [-0.2, 0) is 32.7 Å². The Balaban J connectivity index is 4.13. The maximum Gasteiger partial charge on any atom is 0.472 e. The molecule has 0 heterocycles. The van der Waals surface area contributed by atoms with Crippen molar-refractivity contribution in [3.63, 3.8) is 0 Å². The Hall–Kier alpha value is -2.07. The van der Waals surface area contributed by atoms with E-state index in [4.69, 9.17) is 29.4 Å². The highest BCUT2D eigenvalue weighted by atomic mass is 31.2. The predicted molar refractivity (Wildman–Crippen MR) is 272 cm³/mol. The van der Waals surface area contributed by atoms with Gasteiger partial charge in [-0.15, -0.1) is 0 Å². The highest BCUT2D eigenvalue weighted by molar-refractivity contribution is 7.47. The molecule has 0 saturated carbocycles. The molecule has 0 saturated heterocycles. The lowest BCUT2D eigenvalue weighted by atomic mass is 10.1. The molecule has 0 aliphatic rings. The maximum absolute atomic E-state index is 12.7. The van der Waals surface area contributed by atoms with Gasteiger partial charge in [0.2, 0.25) is 0 Å². The second-order valence-corrected chi connectivity index (χ2v) is 19.5. The van der Waals surface area contributed by atoms with Crippen LogP contribution in [0.2, 0.25) is 0 Å². The van der Waals surface area contributed by atoms with Gasteiger partial charge in [-0.2, -0.15) is 0 Å². The van der Waals surface area contributed by atoms with E-state index in [2.05, 4.69) is 62.5 Å². The standard InChI is InChI=1S/C54H100NO9P/c1-3-5-7-9-11-13-15-17-19-21-23-24-25-26-27-29-31-33-35-37-39-41-43-45-47-61-48-51(49-62-65(59,60)63-50-52(55)54(57)58)64-53(56)46-44-42-40-38-36-34-32-30-28-22-20-18-16-14-12-10-8-6-4-2/h15,17-18,20-21,23,25-26,51-52H,3-14,16,19,22,24,27-50,55H2,1-2H3,(H,57,58)(H,59,60)/b17-15-,20-18-,23-21-,26-25-. The van der Waals surface area contributed by atoms with Gasteiger partial charge in [-0.25, -0.2) is 4.57 Å². The molecule has 0 aliphatic heterocycles. The van der Waals surface area contributed by atoms with E-state index in [1.54, 1.807) is 0 Å². The molecule has 3 atom stereocenters. The fourth-order valence-corrected chi connectivity index (χ4v) is 8.21.